The van der Waals surface area contributed by atoms with Crippen molar-refractivity contribution in [2.45, 2.75) is 93.9 Å². The zero-order valence-corrected chi connectivity index (χ0v) is 19.0. The van der Waals surface area contributed by atoms with Crippen LogP contribution in [0.1, 0.15) is 82.6 Å². The molecule has 169 valence electrons. The van der Waals surface area contributed by atoms with Crippen LogP contribution >= 0.6 is 0 Å². The first-order valence-electron chi connectivity index (χ1n) is 12.5. The summed E-state index contributed by atoms with van der Waals surface area (Å²) in [6, 6.07) is 7.77. The lowest BCUT2D eigenvalue weighted by molar-refractivity contribution is -0.135. The molecular formula is C26H34BN2O3. The maximum absolute atomic E-state index is 12.8. The van der Waals surface area contributed by atoms with E-state index in [2.05, 4.69) is 10.6 Å². The molecule has 0 saturated heterocycles. The summed E-state index contributed by atoms with van der Waals surface area (Å²) in [5, 5.41) is 6.49. The van der Waals surface area contributed by atoms with E-state index in [-0.39, 0.29) is 22.8 Å². The second-order valence-corrected chi connectivity index (χ2v) is 10.5. The van der Waals surface area contributed by atoms with Gasteiger partial charge in [-0.15, -0.1) is 0 Å². The van der Waals surface area contributed by atoms with Gasteiger partial charge in [0.2, 0.25) is 7.28 Å². The maximum Gasteiger partial charge on any atom is 0.251 e. The van der Waals surface area contributed by atoms with Gasteiger partial charge in [-0.1, -0.05) is 81.8 Å². The number of para-hydroxylation sites is 1. The molecule has 6 heteroatoms. The Bertz CT molecular complexity index is 882. The molecule has 6 rings (SSSR count). The number of carbonyl (C=O) groups excluding carboxylic acids is 2. The van der Waals surface area contributed by atoms with Gasteiger partial charge in [-0.25, -0.2) is 0 Å². The largest absolute Gasteiger partial charge is 0.488 e. The highest BCUT2D eigenvalue weighted by Gasteiger charge is 2.69. The topological polar surface area (TPSA) is 67.4 Å². The molecule has 4 fully saturated rings. The maximum atomic E-state index is 12.8. The third-order valence-corrected chi connectivity index (χ3v) is 7.76. The van der Waals surface area contributed by atoms with E-state index in [1.54, 1.807) is 0 Å². The van der Waals surface area contributed by atoms with Crippen LogP contribution in [0, 0.1) is 0 Å². The highest BCUT2D eigenvalue weighted by molar-refractivity contribution is 6.74. The first-order chi connectivity index (χ1) is 15.5. The first-order valence-corrected chi connectivity index (χ1v) is 12.5. The lowest BCUT2D eigenvalue weighted by Crippen LogP contribution is -2.84. The summed E-state index contributed by atoms with van der Waals surface area (Å²) in [6.07, 6.45) is 15.8. The molecule has 5 aliphatic rings. The molecule has 1 radical (unpaired) electrons. The van der Waals surface area contributed by atoms with E-state index in [9.17, 15) is 9.59 Å². The average molecular weight is 433 g/mol. The van der Waals surface area contributed by atoms with Crippen LogP contribution in [0.4, 0.5) is 4.79 Å². The molecule has 2 N–H and O–H groups in total. The Balaban J connectivity index is 1.08. The van der Waals surface area contributed by atoms with Crippen molar-refractivity contribution in [3.8, 4) is 5.75 Å². The van der Waals surface area contributed by atoms with E-state index in [4.69, 9.17) is 4.74 Å². The molecule has 0 unspecified atom stereocenters. The van der Waals surface area contributed by atoms with Crippen molar-refractivity contribution in [3.05, 3.63) is 35.4 Å². The molecule has 0 aromatic heterocycles. The van der Waals surface area contributed by atoms with Crippen molar-refractivity contribution in [3.63, 3.8) is 0 Å². The summed E-state index contributed by atoms with van der Waals surface area (Å²) < 4.78 is 5.72. The van der Waals surface area contributed by atoms with E-state index in [0.29, 0.717) is 18.0 Å². The Hall–Kier alpha value is -2.24. The number of carbonyl (C=O) groups is 2. The summed E-state index contributed by atoms with van der Waals surface area (Å²) in [6.45, 7) is 0.303. The Morgan fingerprint density at radius 2 is 1.50 bits per heavy atom. The number of rotatable bonds is 5. The fraction of sp³-hybridized carbons (Fsp3) is 0.615. The molecule has 32 heavy (non-hydrogen) atoms. The van der Waals surface area contributed by atoms with E-state index < -0.39 is 0 Å². The minimum absolute atomic E-state index is 0.0489. The average Bonchev–Trinajstić information content (AvgIpc) is 2.75. The molecule has 2 amide bonds. The van der Waals surface area contributed by atoms with Gasteiger partial charge in [-0.05, 0) is 31.4 Å². The van der Waals surface area contributed by atoms with Crippen LogP contribution in [0.5, 0.6) is 5.75 Å². The van der Waals surface area contributed by atoms with Gasteiger partial charge in [0.05, 0.1) is 5.57 Å². The van der Waals surface area contributed by atoms with Gasteiger partial charge in [0.25, 0.3) is 5.91 Å². The second kappa shape index (κ2) is 8.95. The molecule has 4 saturated carbocycles. The lowest BCUT2D eigenvalue weighted by atomic mass is 9.43. The molecule has 2 bridgehead atoms. The van der Waals surface area contributed by atoms with E-state index in [1.807, 2.05) is 37.6 Å². The highest BCUT2D eigenvalue weighted by Crippen LogP contribution is 2.60. The molecule has 0 atom stereocenters. The molecule has 1 aromatic rings. The summed E-state index contributed by atoms with van der Waals surface area (Å²) >= 11 is 0. The number of nitrogens with one attached hydrogen (secondary N) is 2. The Morgan fingerprint density at radius 3 is 2.22 bits per heavy atom. The van der Waals surface area contributed by atoms with Gasteiger partial charge >= 0.3 is 0 Å². The van der Waals surface area contributed by atoms with Crippen LogP contribution in [0.2, 0.25) is 5.82 Å². The SMILES string of the molecule is O=C([B]C1CCCCCCCCC1)NC12CC(NC(=O)C3=Cc4ccccc4OC3)(C1)C2. The summed E-state index contributed by atoms with van der Waals surface area (Å²) in [7, 11) is 1.95. The summed E-state index contributed by atoms with van der Waals surface area (Å²) in [4.78, 5) is 25.5. The van der Waals surface area contributed by atoms with Crippen LogP contribution in [0.3, 0.4) is 0 Å². The number of ether oxygens (including phenoxy) is 1. The highest BCUT2D eigenvalue weighted by atomic mass is 16.5. The number of fused-ring (bicyclic) bond motifs is 1. The van der Waals surface area contributed by atoms with Crippen LogP contribution in [-0.2, 0) is 4.79 Å². The van der Waals surface area contributed by atoms with Crippen molar-refractivity contribution in [1.82, 2.24) is 10.6 Å². The van der Waals surface area contributed by atoms with Crippen molar-refractivity contribution < 1.29 is 14.3 Å². The standard InChI is InChI=1S/C26H34BN2O3/c30-23(20-14-19-10-8-9-13-22(19)32-15-20)28-25-16-26(17-25,18-25)29-24(31)27-21-11-6-4-2-1-3-5-7-12-21/h8-10,13-14,21H,1-7,11-12,15-18H2,(H,28,30)(H,29,31). The molecular weight excluding hydrogens is 399 g/mol. The van der Waals surface area contributed by atoms with Crippen LogP contribution < -0.4 is 15.4 Å². The van der Waals surface area contributed by atoms with Crippen molar-refractivity contribution >= 4 is 25.1 Å². The minimum Gasteiger partial charge on any atom is -0.488 e. The Morgan fingerprint density at radius 1 is 0.875 bits per heavy atom. The normalized spacial score (nSPS) is 29.7. The first kappa shape index (κ1) is 21.6. The predicted molar refractivity (Wildman–Crippen MR) is 127 cm³/mol. The smallest absolute Gasteiger partial charge is 0.251 e. The van der Waals surface area contributed by atoms with Crippen molar-refractivity contribution in [2.75, 3.05) is 6.61 Å². The van der Waals surface area contributed by atoms with Crippen LogP contribution in [0.15, 0.2) is 29.8 Å². The van der Waals surface area contributed by atoms with Gasteiger partial charge < -0.3 is 15.4 Å². The Kier molecular flexibility index (Phi) is 6.04. The zero-order chi connectivity index (χ0) is 22.0. The summed E-state index contributed by atoms with van der Waals surface area (Å²) in [5.41, 5.74) is 1.34. The second-order valence-electron chi connectivity index (χ2n) is 10.5. The molecule has 4 aliphatic carbocycles. The number of benzene rings is 1. The quantitative estimate of drug-likeness (QED) is 0.644. The molecule has 5 nitrogen and oxygen atoms in total. The molecule has 1 heterocycles. The van der Waals surface area contributed by atoms with Crippen molar-refractivity contribution in [2.24, 2.45) is 0 Å². The van der Waals surface area contributed by atoms with Gasteiger partial charge in [0.1, 0.15) is 12.4 Å². The molecule has 1 aliphatic heterocycles. The van der Waals surface area contributed by atoms with Gasteiger partial charge in [0.15, 0.2) is 5.81 Å². The van der Waals surface area contributed by atoms with E-state index in [0.717, 1.165) is 43.4 Å². The monoisotopic (exact) mass is 433 g/mol. The van der Waals surface area contributed by atoms with Crippen LogP contribution in [-0.4, -0.2) is 36.7 Å². The van der Waals surface area contributed by atoms with Gasteiger partial charge in [-0.3, -0.25) is 9.59 Å². The van der Waals surface area contributed by atoms with E-state index in [1.165, 1.54) is 44.9 Å². The van der Waals surface area contributed by atoms with Crippen LogP contribution in [0.25, 0.3) is 6.08 Å². The third kappa shape index (κ3) is 4.60. The number of hydrogen-bond acceptors (Lipinski definition) is 3. The predicted octanol–water partition coefficient (Wildman–Crippen LogP) is 4.98. The van der Waals surface area contributed by atoms with Gasteiger partial charge in [-0.2, -0.15) is 0 Å². The fourth-order valence-corrected chi connectivity index (χ4v) is 6.15. The fourth-order valence-electron chi connectivity index (χ4n) is 6.15. The zero-order valence-electron chi connectivity index (χ0n) is 19.0. The Labute approximate surface area is 192 Å². The molecule has 0 spiro atoms. The molecule has 1 aromatic carbocycles. The minimum atomic E-state index is -0.154. The van der Waals surface area contributed by atoms with Crippen molar-refractivity contribution in [1.29, 1.82) is 0 Å². The number of hydrogen-bond donors (Lipinski definition) is 2. The lowest BCUT2D eigenvalue weighted by Gasteiger charge is -2.70. The third-order valence-electron chi connectivity index (χ3n) is 7.76. The van der Waals surface area contributed by atoms with Gasteiger partial charge in [0, 0.05) is 16.6 Å². The number of amides is 2. The van der Waals surface area contributed by atoms with E-state index >= 15 is 0 Å². The summed E-state index contributed by atoms with van der Waals surface area (Å²) in [5.74, 6) is 1.28.